The lowest BCUT2D eigenvalue weighted by atomic mass is 10.3. The second kappa shape index (κ2) is 5.54. The summed E-state index contributed by atoms with van der Waals surface area (Å²) < 4.78 is 5.26. The van der Waals surface area contributed by atoms with Crippen molar-refractivity contribution in [3.05, 3.63) is 35.8 Å². The highest BCUT2D eigenvalue weighted by atomic mass is 32.2. The van der Waals surface area contributed by atoms with Gasteiger partial charge in [-0.3, -0.25) is 0 Å². The molecule has 0 saturated heterocycles. The van der Waals surface area contributed by atoms with Gasteiger partial charge in [0, 0.05) is 11.8 Å². The first kappa shape index (κ1) is 12.4. The molecule has 0 N–H and O–H groups in total. The number of nitrogens with zero attached hydrogens (tertiary/aromatic N) is 3. The van der Waals surface area contributed by atoms with Crippen LogP contribution >= 0.6 is 23.1 Å². The quantitative estimate of drug-likeness (QED) is 0.680. The number of thiophene rings is 1. The number of rotatable bonds is 4. The molecule has 0 radical (unpaired) electrons. The highest BCUT2D eigenvalue weighted by molar-refractivity contribution is 7.99. The minimum Gasteiger partial charge on any atom is -0.333 e. The average Bonchev–Trinajstić information content (AvgIpc) is 3.11. The SMILES string of the molecule is CCSc1ccc(-c2noc(-c3cccs3)n2)cn1. The van der Waals surface area contributed by atoms with E-state index in [4.69, 9.17) is 4.52 Å². The molecule has 3 rings (SSSR count). The summed E-state index contributed by atoms with van der Waals surface area (Å²) in [5.74, 6) is 2.14. The smallest absolute Gasteiger partial charge is 0.268 e. The van der Waals surface area contributed by atoms with Gasteiger partial charge in [0.2, 0.25) is 5.82 Å². The van der Waals surface area contributed by atoms with Crippen molar-refractivity contribution >= 4 is 23.1 Å². The van der Waals surface area contributed by atoms with E-state index >= 15 is 0 Å². The maximum absolute atomic E-state index is 5.26. The molecule has 0 unspecified atom stereocenters. The molecule has 0 aliphatic heterocycles. The first-order chi connectivity index (χ1) is 9.36. The van der Waals surface area contributed by atoms with Crippen LogP contribution in [0, 0.1) is 0 Å². The van der Waals surface area contributed by atoms with E-state index in [1.54, 1.807) is 29.3 Å². The van der Waals surface area contributed by atoms with Gasteiger partial charge in [0.25, 0.3) is 5.89 Å². The lowest BCUT2D eigenvalue weighted by Gasteiger charge is -1.97. The molecule has 0 bridgehead atoms. The van der Waals surface area contributed by atoms with Crippen LogP contribution in [0.2, 0.25) is 0 Å². The lowest BCUT2D eigenvalue weighted by molar-refractivity contribution is 0.433. The van der Waals surface area contributed by atoms with Crippen molar-refractivity contribution in [2.45, 2.75) is 11.9 Å². The molecule has 0 aliphatic rings. The van der Waals surface area contributed by atoms with Gasteiger partial charge in [0.1, 0.15) is 0 Å². The zero-order chi connectivity index (χ0) is 13.1. The van der Waals surface area contributed by atoms with Gasteiger partial charge in [-0.05, 0) is 29.3 Å². The molecule has 0 aromatic carbocycles. The molecule has 0 spiro atoms. The highest BCUT2D eigenvalue weighted by Gasteiger charge is 2.11. The third-order valence-corrected chi connectivity index (χ3v) is 4.13. The van der Waals surface area contributed by atoms with Gasteiger partial charge in [0.05, 0.1) is 9.90 Å². The minimum absolute atomic E-state index is 0.553. The molecule has 0 fully saturated rings. The van der Waals surface area contributed by atoms with Gasteiger partial charge in [-0.25, -0.2) is 4.98 Å². The first-order valence-electron chi connectivity index (χ1n) is 5.83. The van der Waals surface area contributed by atoms with E-state index < -0.39 is 0 Å². The van der Waals surface area contributed by atoms with Gasteiger partial charge < -0.3 is 4.52 Å². The maximum Gasteiger partial charge on any atom is 0.268 e. The molecular formula is C13H11N3OS2. The second-order valence-corrected chi connectivity index (χ2v) is 5.95. The largest absolute Gasteiger partial charge is 0.333 e. The van der Waals surface area contributed by atoms with Crippen LogP contribution in [0.15, 0.2) is 45.4 Å². The van der Waals surface area contributed by atoms with E-state index in [1.165, 1.54) is 0 Å². The van der Waals surface area contributed by atoms with Crippen molar-refractivity contribution in [1.82, 2.24) is 15.1 Å². The predicted molar refractivity (Wildman–Crippen MR) is 77.2 cm³/mol. The van der Waals surface area contributed by atoms with E-state index in [0.717, 1.165) is 21.2 Å². The summed E-state index contributed by atoms with van der Waals surface area (Å²) >= 11 is 3.29. The predicted octanol–water partition coefficient (Wildman–Crippen LogP) is 3.97. The monoisotopic (exact) mass is 289 g/mol. The number of hydrogen-bond acceptors (Lipinski definition) is 6. The van der Waals surface area contributed by atoms with Crippen molar-refractivity contribution in [1.29, 1.82) is 0 Å². The van der Waals surface area contributed by atoms with Gasteiger partial charge >= 0.3 is 0 Å². The molecule has 0 aliphatic carbocycles. The number of thioether (sulfide) groups is 1. The Morgan fingerprint density at radius 2 is 2.26 bits per heavy atom. The van der Waals surface area contributed by atoms with E-state index in [0.29, 0.717) is 11.7 Å². The Hall–Kier alpha value is -1.66. The number of aromatic nitrogens is 3. The molecule has 96 valence electrons. The fourth-order valence-corrected chi connectivity index (χ4v) is 2.82. The summed E-state index contributed by atoms with van der Waals surface area (Å²) in [6.07, 6.45) is 1.78. The Bertz CT molecular complexity index is 647. The molecule has 3 aromatic rings. The second-order valence-electron chi connectivity index (χ2n) is 3.72. The summed E-state index contributed by atoms with van der Waals surface area (Å²) in [6.45, 7) is 2.10. The van der Waals surface area contributed by atoms with E-state index in [1.807, 2.05) is 29.6 Å². The van der Waals surface area contributed by atoms with Crippen molar-refractivity contribution in [3.63, 3.8) is 0 Å². The third-order valence-electron chi connectivity index (χ3n) is 2.44. The first-order valence-corrected chi connectivity index (χ1v) is 7.70. The zero-order valence-electron chi connectivity index (χ0n) is 10.2. The zero-order valence-corrected chi connectivity index (χ0v) is 11.9. The fourth-order valence-electron chi connectivity index (χ4n) is 1.59. The molecular weight excluding hydrogens is 278 g/mol. The van der Waals surface area contributed by atoms with Crippen LogP contribution in [-0.4, -0.2) is 20.9 Å². The highest BCUT2D eigenvalue weighted by Crippen LogP contribution is 2.26. The van der Waals surface area contributed by atoms with Crippen LogP contribution < -0.4 is 0 Å². The Morgan fingerprint density at radius 1 is 1.32 bits per heavy atom. The summed E-state index contributed by atoms with van der Waals surface area (Å²) in [5.41, 5.74) is 0.868. The Kier molecular flexibility index (Phi) is 3.61. The topological polar surface area (TPSA) is 51.8 Å². The van der Waals surface area contributed by atoms with Crippen LogP contribution in [0.25, 0.3) is 22.2 Å². The molecule has 0 amide bonds. The van der Waals surface area contributed by atoms with Crippen molar-refractivity contribution < 1.29 is 4.52 Å². The van der Waals surface area contributed by atoms with Crippen LogP contribution in [0.4, 0.5) is 0 Å². The summed E-state index contributed by atoms with van der Waals surface area (Å²) in [4.78, 5) is 9.72. The molecule has 19 heavy (non-hydrogen) atoms. The van der Waals surface area contributed by atoms with Crippen LogP contribution in [0.3, 0.4) is 0 Å². The van der Waals surface area contributed by atoms with Crippen molar-refractivity contribution in [3.8, 4) is 22.2 Å². The van der Waals surface area contributed by atoms with Crippen LogP contribution in [0.5, 0.6) is 0 Å². The van der Waals surface area contributed by atoms with Gasteiger partial charge in [-0.1, -0.05) is 18.1 Å². The maximum atomic E-state index is 5.26. The van der Waals surface area contributed by atoms with Crippen LogP contribution in [0.1, 0.15) is 6.92 Å². The molecule has 0 saturated carbocycles. The number of hydrogen-bond donors (Lipinski definition) is 0. The van der Waals surface area contributed by atoms with Gasteiger partial charge in [-0.2, -0.15) is 4.98 Å². The molecule has 3 aromatic heterocycles. The third kappa shape index (κ3) is 2.69. The summed E-state index contributed by atoms with van der Waals surface area (Å²) in [5, 5.41) is 6.98. The number of pyridine rings is 1. The standard InChI is InChI=1S/C13H11N3OS2/c1-2-18-11-6-5-9(8-14-11)12-15-13(17-16-12)10-4-3-7-19-10/h3-8H,2H2,1H3. The fraction of sp³-hybridized carbons (Fsp3) is 0.154. The van der Waals surface area contributed by atoms with Gasteiger partial charge in [0.15, 0.2) is 0 Å². The van der Waals surface area contributed by atoms with E-state index in [-0.39, 0.29) is 0 Å². The van der Waals surface area contributed by atoms with E-state index in [2.05, 4.69) is 22.0 Å². The normalized spacial score (nSPS) is 10.8. The summed E-state index contributed by atoms with van der Waals surface area (Å²) in [7, 11) is 0. The van der Waals surface area contributed by atoms with Crippen molar-refractivity contribution in [2.24, 2.45) is 0 Å². The minimum atomic E-state index is 0.553. The average molecular weight is 289 g/mol. The summed E-state index contributed by atoms with van der Waals surface area (Å²) in [6, 6.07) is 7.86. The Balaban J connectivity index is 1.86. The lowest BCUT2D eigenvalue weighted by Crippen LogP contribution is -1.85. The Labute approximate surface area is 118 Å². The van der Waals surface area contributed by atoms with Gasteiger partial charge in [-0.15, -0.1) is 23.1 Å². The van der Waals surface area contributed by atoms with Crippen molar-refractivity contribution in [2.75, 3.05) is 5.75 Å². The molecule has 4 nitrogen and oxygen atoms in total. The Morgan fingerprint density at radius 3 is 2.95 bits per heavy atom. The molecule has 3 heterocycles. The molecule has 0 atom stereocenters. The molecule has 6 heteroatoms. The van der Waals surface area contributed by atoms with E-state index in [9.17, 15) is 0 Å². The van der Waals surface area contributed by atoms with Crippen LogP contribution in [-0.2, 0) is 0 Å².